The van der Waals surface area contributed by atoms with Crippen molar-refractivity contribution in [3.05, 3.63) is 0 Å². The third-order valence-electron chi connectivity index (χ3n) is 4.53. The van der Waals surface area contributed by atoms with Crippen molar-refractivity contribution in [2.24, 2.45) is 0 Å². The first-order valence-corrected chi connectivity index (χ1v) is 9.49. The van der Waals surface area contributed by atoms with Gasteiger partial charge in [-0.05, 0) is 19.3 Å². The minimum Gasteiger partial charge on any atom is -0.342 e. The van der Waals surface area contributed by atoms with E-state index in [0.717, 1.165) is 0 Å². The van der Waals surface area contributed by atoms with E-state index in [1.54, 1.807) is 11.9 Å². The van der Waals surface area contributed by atoms with Crippen LogP contribution in [0.2, 0.25) is 0 Å². The largest absolute Gasteiger partial charge is 0.342 e. The molecule has 1 unspecified atom stereocenters. The van der Waals surface area contributed by atoms with Crippen LogP contribution in [0, 0.1) is 0 Å². The average molecular weight is 302 g/mol. The molecule has 2 aliphatic rings. The molecule has 1 aliphatic carbocycles. The summed E-state index contributed by atoms with van der Waals surface area (Å²) in [5.41, 5.74) is 0. The number of amides is 1. The zero-order chi connectivity index (χ0) is 14.6. The number of sulfone groups is 1. The van der Waals surface area contributed by atoms with Crippen LogP contribution in [0.25, 0.3) is 0 Å². The summed E-state index contributed by atoms with van der Waals surface area (Å²) in [5, 5.41) is 3.45. The maximum atomic E-state index is 12.1. The molecule has 2 rings (SSSR count). The number of rotatable bonds is 5. The molecule has 1 N–H and O–H groups in total. The summed E-state index contributed by atoms with van der Waals surface area (Å²) >= 11 is 0. The standard InChI is InChI=1S/C14H26N2O3S/c1-16(13-8-10-20(18,19)11-13)14(17)7-9-15-12-5-3-2-4-6-12/h12-13,15H,2-11H2,1H3. The Balaban J connectivity index is 1.69. The van der Waals surface area contributed by atoms with Gasteiger partial charge in [-0.2, -0.15) is 0 Å². The van der Waals surface area contributed by atoms with E-state index in [0.29, 0.717) is 25.4 Å². The van der Waals surface area contributed by atoms with Crippen molar-refractivity contribution in [1.29, 1.82) is 0 Å². The lowest BCUT2D eigenvalue weighted by Gasteiger charge is -2.25. The highest BCUT2D eigenvalue weighted by atomic mass is 32.2. The van der Waals surface area contributed by atoms with Gasteiger partial charge in [0.1, 0.15) is 0 Å². The average Bonchev–Trinajstić information content (AvgIpc) is 2.79. The van der Waals surface area contributed by atoms with Crippen LogP contribution >= 0.6 is 0 Å². The Hall–Kier alpha value is -0.620. The summed E-state index contributed by atoms with van der Waals surface area (Å²) < 4.78 is 22.9. The molecule has 1 saturated carbocycles. The predicted octanol–water partition coefficient (Wildman–Crippen LogP) is 0.944. The first-order chi connectivity index (χ1) is 9.48. The molecule has 116 valence electrons. The van der Waals surface area contributed by atoms with Crippen LogP contribution in [-0.2, 0) is 14.6 Å². The van der Waals surface area contributed by atoms with Gasteiger partial charge in [0.25, 0.3) is 0 Å². The van der Waals surface area contributed by atoms with Gasteiger partial charge < -0.3 is 10.2 Å². The summed E-state index contributed by atoms with van der Waals surface area (Å²) in [6.07, 6.45) is 7.37. The Bertz CT molecular complexity index is 430. The molecule has 0 aromatic carbocycles. The third kappa shape index (κ3) is 4.45. The van der Waals surface area contributed by atoms with Crippen LogP contribution in [0.1, 0.15) is 44.9 Å². The molecule has 0 spiro atoms. The molecule has 1 atom stereocenters. The predicted molar refractivity (Wildman–Crippen MR) is 79.3 cm³/mol. The summed E-state index contributed by atoms with van der Waals surface area (Å²) in [6.45, 7) is 0.702. The van der Waals surface area contributed by atoms with E-state index in [-0.39, 0.29) is 23.5 Å². The highest BCUT2D eigenvalue weighted by Gasteiger charge is 2.32. The number of nitrogens with zero attached hydrogens (tertiary/aromatic N) is 1. The van der Waals surface area contributed by atoms with Crippen molar-refractivity contribution in [3.8, 4) is 0 Å². The zero-order valence-corrected chi connectivity index (χ0v) is 13.1. The third-order valence-corrected chi connectivity index (χ3v) is 6.28. The van der Waals surface area contributed by atoms with Gasteiger partial charge in [0.2, 0.25) is 5.91 Å². The number of hydrogen-bond acceptors (Lipinski definition) is 4. The SMILES string of the molecule is CN(C(=O)CCNC1CCCCC1)C1CCS(=O)(=O)C1. The quantitative estimate of drug-likeness (QED) is 0.821. The minimum atomic E-state index is -2.92. The molecule has 1 aliphatic heterocycles. The van der Waals surface area contributed by atoms with Crippen LogP contribution in [0.15, 0.2) is 0 Å². The molecule has 0 radical (unpaired) electrons. The lowest BCUT2D eigenvalue weighted by molar-refractivity contribution is -0.131. The van der Waals surface area contributed by atoms with Crippen LogP contribution in [-0.4, -0.2) is 56.4 Å². The molecular weight excluding hydrogens is 276 g/mol. The van der Waals surface area contributed by atoms with Gasteiger partial charge in [0.15, 0.2) is 9.84 Å². The second-order valence-electron chi connectivity index (χ2n) is 6.10. The molecule has 5 nitrogen and oxygen atoms in total. The van der Waals surface area contributed by atoms with E-state index in [9.17, 15) is 13.2 Å². The Morgan fingerprint density at radius 1 is 1.20 bits per heavy atom. The van der Waals surface area contributed by atoms with Crippen LogP contribution in [0.3, 0.4) is 0 Å². The molecule has 0 aromatic rings. The van der Waals surface area contributed by atoms with E-state index in [1.165, 1.54) is 32.1 Å². The normalized spacial score (nSPS) is 26.6. The molecule has 0 aromatic heterocycles. The van der Waals surface area contributed by atoms with E-state index in [2.05, 4.69) is 5.32 Å². The van der Waals surface area contributed by atoms with Gasteiger partial charge in [-0.25, -0.2) is 8.42 Å². The second kappa shape index (κ2) is 6.89. The summed E-state index contributed by atoms with van der Waals surface area (Å²) in [5.74, 6) is 0.399. The smallest absolute Gasteiger partial charge is 0.223 e. The highest BCUT2D eigenvalue weighted by Crippen LogP contribution is 2.18. The van der Waals surface area contributed by atoms with Gasteiger partial charge in [0, 0.05) is 32.1 Å². The fourth-order valence-electron chi connectivity index (χ4n) is 3.15. The minimum absolute atomic E-state index is 0.0513. The summed E-state index contributed by atoms with van der Waals surface area (Å²) in [7, 11) is -1.19. The second-order valence-corrected chi connectivity index (χ2v) is 8.33. The maximum absolute atomic E-state index is 12.1. The van der Waals surface area contributed by atoms with Gasteiger partial charge in [-0.3, -0.25) is 4.79 Å². The summed E-state index contributed by atoms with van der Waals surface area (Å²) in [4.78, 5) is 13.7. The molecule has 2 fully saturated rings. The maximum Gasteiger partial charge on any atom is 0.223 e. The summed E-state index contributed by atoms with van der Waals surface area (Å²) in [6, 6.07) is 0.441. The van der Waals surface area contributed by atoms with Crippen molar-refractivity contribution < 1.29 is 13.2 Å². The Morgan fingerprint density at radius 3 is 2.50 bits per heavy atom. The lowest BCUT2D eigenvalue weighted by atomic mass is 9.95. The fourth-order valence-corrected chi connectivity index (χ4v) is 4.93. The first-order valence-electron chi connectivity index (χ1n) is 7.67. The monoisotopic (exact) mass is 302 g/mol. The molecule has 20 heavy (non-hydrogen) atoms. The number of hydrogen-bond donors (Lipinski definition) is 1. The van der Waals surface area contributed by atoms with Crippen molar-refractivity contribution in [2.75, 3.05) is 25.1 Å². The first kappa shape index (κ1) is 15.8. The van der Waals surface area contributed by atoms with E-state index >= 15 is 0 Å². The lowest BCUT2D eigenvalue weighted by Crippen LogP contribution is -2.40. The van der Waals surface area contributed by atoms with Crippen LogP contribution < -0.4 is 5.32 Å². The van der Waals surface area contributed by atoms with Gasteiger partial charge in [-0.15, -0.1) is 0 Å². The Kier molecular flexibility index (Phi) is 5.43. The molecule has 1 heterocycles. The van der Waals surface area contributed by atoms with Crippen molar-refractivity contribution >= 4 is 15.7 Å². The number of carbonyl (C=O) groups is 1. The molecule has 1 saturated heterocycles. The Labute approximate surface area is 122 Å². The molecule has 6 heteroatoms. The topological polar surface area (TPSA) is 66.5 Å². The van der Waals surface area contributed by atoms with E-state index < -0.39 is 9.84 Å². The molecule has 1 amide bonds. The van der Waals surface area contributed by atoms with Gasteiger partial charge in [-0.1, -0.05) is 19.3 Å². The van der Waals surface area contributed by atoms with E-state index in [1.807, 2.05) is 0 Å². The Morgan fingerprint density at radius 2 is 1.90 bits per heavy atom. The van der Waals surface area contributed by atoms with Gasteiger partial charge in [0.05, 0.1) is 11.5 Å². The van der Waals surface area contributed by atoms with E-state index in [4.69, 9.17) is 0 Å². The number of carbonyl (C=O) groups excluding carboxylic acids is 1. The van der Waals surface area contributed by atoms with Crippen LogP contribution in [0.5, 0.6) is 0 Å². The van der Waals surface area contributed by atoms with Crippen molar-refractivity contribution in [1.82, 2.24) is 10.2 Å². The van der Waals surface area contributed by atoms with Crippen molar-refractivity contribution in [2.45, 2.75) is 57.0 Å². The fraction of sp³-hybridized carbons (Fsp3) is 0.929. The zero-order valence-electron chi connectivity index (χ0n) is 12.3. The van der Waals surface area contributed by atoms with Crippen LogP contribution in [0.4, 0.5) is 0 Å². The highest BCUT2D eigenvalue weighted by molar-refractivity contribution is 7.91. The number of nitrogens with one attached hydrogen (secondary N) is 1. The molecular formula is C14H26N2O3S. The van der Waals surface area contributed by atoms with Gasteiger partial charge >= 0.3 is 0 Å². The van der Waals surface area contributed by atoms with Crippen molar-refractivity contribution in [3.63, 3.8) is 0 Å². The molecule has 0 bridgehead atoms.